The normalized spacial score (nSPS) is 14.4. The average Bonchev–Trinajstić information content (AvgIpc) is 2.22. The summed E-state index contributed by atoms with van der Waals surface area (Å²) in [6.07, 6.45) is 1.20. The molecule has 0 fully saturated rings. The second-order valence-corrected chi connectivity index (χ2v) is 8.40. The fourth-order valence-electron chi connectivity index (χ4n) is 2.56. The molecule has 1 nitrogen and oxygen atoms in total. The molecule has 0 amide bonds. The van der Waals surface area contributed by atoms with Gasteiger partial charge in [-0.2, -0.15) is 0 Å². The Balaban J connectivity index is 3.00. The number of rotatable bonds is 4. The van der Waals surface area contributed by atoms with Gasteiger partial charge in [-0.15, -0.1) is 0 Å². The van der Waals surface area contributed by atoms with Crippen molar-refractivity contribution in [3.8, 4) is 5.75 Å². The average molecular weight is 276 g/mol. The standard InChI is InChI=1S/C19H32O/c1-14(2)17(13-18(3,4)5)15-10-9-11-16(12-15)20-19(6,7)8/h9-12,14,17H,13H2,1-8H3. The first-order chi connectivity index (χ1) is 8.98. The van der Waals surface area contributed by atoms with Crippen LogP contribution in [0.4, 0.5) is 0 Å². The van der Waals surface area contributed by atoms with E-state index in [1.165, 1.54) is 12.0 Å². The largest absolute Gasteiger partial charge is 0.488 e. The first-order valence-electron chi connectivity index (χ1n) is 7.77. The predicted octanol–water partition coefficient (Wildman–Crippen LogP) is 6.04. The van der Waals surface area contributed by atoms with Crippen LogP contribution in [0.15, 0.2) is 24.3 Å². The third kappa shape index (κ3) is 5.98. The topological polar surface area (TPSA) is 9.23 Å². The van der Waals surface area contributed by atoms with Gasteiger partial charge in [-0.05, 0) is 62.1 Å². The van der Waals surface area contributed by atoms with Crippen LogP contribution in [0.5, 0.6) is 5.75 Å². The molecule has 1 aromatic rings. The highest BCUT2D eigenvalue weighted by Gasteiger charge is 2.23. The summed E-state index contributed by atoms with van der Waals surface area (Å²) in [4.78, 5) is 0. The van der Waals surface area contributed by atoms with E-state index in [4.69, 9.17) is 4.74 Å². The molecule has 1 rings (SSSR count). The Morgan fingerprint density at radius 2 is 1.60 bits per heavy atom. The van der Waals surface area contributed by atoms with Gasteiger partial charge in [-0.25, -0.2) is 0 Å². The molecule has 114 valence electrons. The summed E-state index contributed by atoms with van der Waals surface area (Å²) in [5.41, 5.74) is 1.60. The molecule has 20 heavy (non-hydrogen) atoms. The molecule has 0 N–H and O–H groups in total. The number of hydrogen-bond donors (Lipinski definition) is 0. The summed E-state index contributed by atoms with van der Waals surface area (Å²) in [6, 6.07) is 8.64. The zero-order chi connectivity index (χ0) is 15.6. The Kier molecular flexibility index (Phi) is 5.29. The van der Waals surface area contributed by atoms with Crippen LogP contribution < -0.4 is 4.74 Å². The molecule has 0 aliphatic carbocycles. The van der Waals surface area contributed by atoms with Gasteiger partial charge in [0.25, 0.3) is 0 Å². The lowest BCUT2D eigenvalue weighted by Crippen LogP contribution is -2.23. The minimum Gasteiger partial charge on any atom is -0.488 e. The first-order valence-corrected chi connectivity index (χ1v) is 7.77. The summed E-state index contributed by atoms with van der Waals surface area (Å²) in [5.74, 6) is 2.20. The lowest BCUT2D eigenvalue weighted by atomic mass is 9.76. The van der Waals surface area contributed by atoms with Crippen LogP contribution in [0.2, 0.25) is 0 Å². The molecular weight excluding hydrogens is 244 g/mol. The number of ether oxygens (including phenoxy) is 1. The SMILES string of the molecule is CC(C)C(CC(C)(C)C)c1cccc(OC(C)(C)C)c1. The maximum atomic E-state index is 6.00. The van der Waals surface area contributed by atoms with Crippen LogP contribution in [0, 0.1) is 11.3 Å². The van der Waals surface area contributed by atoms with E-state index in [9.17, 15) is 0 Å². The van der Waals surface area contributed by atoms with E-state index in [0.717, 1.165) is 5.75 Å². The van der Waals surface area contributed by atoms with Gasteiger partial charge in [0.1, 0.15) is 11.4 Å². The molecule has 0 saturated carbocycles. The molecule has 0 spiro atoms. The summed E-state index contributed by atoms with van der Waals surface area (Å²) in [7, 11) is 0. The van der Waals surface area contributed by atoms with Crippen molar-refractivity contribution in [1.82, 2.24) is 0 Å². The van der Waals surface area contributed by atoms with Crippen LogP contribution in [-0.2, 0) is 0 Å². The van der Waals surface area contributed by atoms with Gasteiger partial charge in [-0.3, -0.25) is 0 Å². The third-order valence-electron chi connectivity index (χ3n) is 3.35. The summed E-state index contributed by atoms with van der Waals surface area (Å²) >= 11 is 0. The Morgan fingerprint density at radius 3 is 2.05 bits per heavy atom. The van der Waals surface area contributed by atoms with Crippen molar-refractivity contribution in [3.63, 3.8) is 0 Å². The van der Waals surface area contributed by atoms with E-state index in [0.29, 0.717) is 17.3 Å². The summed E-state index contributed by atoms with van der Waals surface area (Å²) < 4.78 is 6.00. The number of benzene rings is 1. The molecule has 0 aromatic heterocycles. The fraction of sp³-hybridized carbons (Fsp3) is 0.684. The molecule has 1 atom stereocenters. The lowest BCUT2D eigenvalue weighted by Gasteiger charge is -2.30. The van der Waals surface area contributed by atoms with Crippen LogP contribution in [0.1, 0.15) is 73.3 Å². The molecule has 1 aromatic carbocycles. The zero-order valence-corrected chi connectivity index (χ0v) is 14.6. The predicted molar refractivity (Wildman–Crippen MR) is 88.5 cm³/mol. The molecule has 1 unspecified atom stereocenters. The number of hydrogen-bond acceptors (Lipinski definition) is 1. The second-order valence-electron chi connectivity index (χ2n) is 8.40. The van der Waals surface area contributed by atoms with Gasteiger partial charge < -0.3 is 4.74 Å². The highest BCUT2D eigenvalue weighted by molar-refractivity contribution is 5.31. The van der Waals surface area contributed by atoms with E-state index < -0.39 is 0 Å². The minimum absolute atomic E-state index is 0.143. The van der Waals surface area contributed by atoms with Crippen molar-refractivity contribution >= 4 is 0 Å². The van der Waals surface area contributed by atoms with Crippen molar-refractivity contribution in [2.45, 2.75) is 73.3 Å². The molecule has 0 heterocycles. The maximum Gasteiger partial charge on any atom is 0.120 e. The summed E-state index contributed by atoms with van der Waals surface area (Å²) in [5, 5.41) is 0. The van der Waals surface area contributed by atoms with Gasteiger partial charge in [0.15, 0.2) is 0 Å². The molecule has 0 aliphatic heterocycles. The van der Waals surface area contributed by atoms with Gasteiger partial charge >= 0.3 is 0 Å². The highest BCUT2D eigenvalue weighted by atomic mass is 16.5. The molecular formula is C19H32O. The molecule has 0 radical (unpaired) electrons. The van der Waals surface area contributed by atoms with Gasteiger partial charge in [0, 0.05) is 0 Å². The zero-order valence-electron chi connectivity index (χ0n) is 14.6. The Bertz CT molecular complexity index is 418. The Labute approximate surface area is 125 Å². The van der Waals surface area contributed by atoms with Crippen LogP contribution in [0.25, 0.3) is 0 Å². The van der Waals surface area contributed by atoms with E-state index in [1.54, 1.807) is 0 Å². The van der Waals surface area contributed by atoms with Crippen molar-refractivity contribution < 1.29 is 4.74 Å². The van der Waals surface area contributed by atoms with Crippen molar-refractivity contribution in [2.75, 3.05) is 0 Å². The lowest BCUT2D eigenvalue weighted by molar-refractivity contribution is 0.130. The summed E-state index contributed by atoms with van der Waals surface area (Å²) in [6.45, 7) is 17.9. The smallest absolute Gasteiger partial charge is 0.120 e. The Hall–Kier alpha value is -0.980. The second kappa shape index (κ2) is 6.20. The Morgan fingerprint density at radius 1 is 1.00 bits per heavy atom. The maximum absolute atomic E-state index is 6.00. The van der Waals surface area contributed by atoms with Gasteiger partial charge in [-0.1, -0.05) is 46.8 Å². The molecule has 1 heteroatoms. The monoisotopic (exact) mass is 276 g/mol. The fourth-order valence-corrected chi connectivity index (χ4v) is 2.56. The minimum atomic E-state index is -0.143. The van der Waals surface area contributed by atoms with Crippen LogP contribution >= 0.6 is 0 Å². The molecule has 0 aliphatic rings. The highest BCUT2D eigenvalue weighted by Crippen LogP contribution is 2.37. The van der Waals surface area contributed by atoms with E-state index in [1.807, 2.05) is 0 Å². The van der Waals surface area contributed by atoms with E-state index in [-0.39, 0.29) is 5.60 Å². The van der Waals surface area contributed by atoms with Gasteiger partial charge in [0.05, 0.1) is 0 Å². The molecule has 0 bridgehead atoms. The van der Waals surface area contributed by atoms with Gasteiger partial charge in [0.2, 0.25) is 0 Å². The van der Waals surface area contributed by atoms with Crippen LogP contribution in [0.3, 0.4) is 0 Å². The van der Waals surface area contributed by atoms with Crippen molar-refractivity contribution in [1.29, 1.82) is 0 Å². The molecule has 0 saturated heterocycles. The van der Waals surface area contributed by atoms with Crippen molar-refractivity contribution in [3.05, 3.63) is 29.8 Å². The first kappa shape index (κ1) is 17.1. The third-order valence-corrected chi connectivity index (χ3v) is 3.35. The van der Waals surface area contributed by atoms with E-state index >= 15 is 0 Å². The van der Waals surface area contributed by atoms with Crippen molar-refractivity contribution in [2.24, 2.45) is 11.3 Å². The van der Waals surface area contributed by atoms with E-state index in [2.05, 4.69) is 79.7 Å². The quantitative estimate of drug-likeness (QED) is 0.651. The van der Waals surface area contributed by atoms with Crippen LogP contribution in [-0.4, -0.2) is 5.60 Å².